The Morgan fingerprint density at radius 3 is 2.46 bits per heavy atom. The van der Waals surface area contributed by atoms with Gasteiger partial charge in [0.15, 0.2) is 11.5 Å². The molecule has 0 saturated carbocycles. The molecule has 0 radical (unpaired) electrons. The van der Waals surface area contributed by atoms with E-state index in [0.29, 0.717) is 24.8 Å². The first-order valence-corrected chi connectivity index (χ1v) is 13.1. The average molecular weight is 545 g/mol. The molecular formula is C25H31F3N2O6S. The van der Waals surface area contributed by atoms with E-state index in [4.69, 9.17) is 13.7 Å². The molecule has 1 saturated heterocycles. The van der Waals surface area contributed by atoms with Gasteiger partial charge in [-0.15, -0.1) is 0 Å². The largest absolute Gasteiger partial charge is 0.493 e. The maximum atomic E-state index is 13.1. The number of carbonyl (C=O) groups excluding carboxylic acids is 1. The number of urea groups is 1. The molecule has 1 atom stereocenters. The van der Waals surface area contributed by atoms with Crippen LogP contribution >= 0.6 is 0 Å². The van der Waals surface area contributed by atoms with Crippen molar-refractivity contribution in [1.29, 1.82) is 0 Å². The van der Waals surface area contributed by atoms with E-state index in [0.717, 1.165) is 31.0 Å². The lowest BCUT2D eigenvalue weighted by atomic mass is 10.1. The second-order valence-corrected chi connectivity index (χ2v) is 11.3. The molecule has 1 N–H and O–H groups in total. The number of benzene rings is 2. The van der Waals surface area contributed by atoms with E-state index in [1.54, 1.807) is 11.0 Å². The van der Waals surface area contributed by atoms with Gasteiger partial charge in [-0.05, 0) is 69.5 Å². The standard InChI is InChI=1S/C25H31F3N2O6S/c1-24(2,3)29-23(31)30(16-19-8-6-12-35-19)15-17-10-11-21(34-4)22(13-17)36-37(32,33)20-9-5-7-18(14-20)25(26,27)28/h5,7,9-11,13-14,19H,6,8,12,15-16H2,1-4H3,(H,29,31). The molecule has 0 aromatic heterocycles. The summed E-state index contributed by atoms with van der Waals surface area (Å²) in [4.78, 5) is 13.9. The van der Waals surface area contributed by atoms with Crippen molar-refractivity contribution < 1.29 is 40.0 Å². The lowest BCUT2D eigenvalue weighted by molar-refractivity contribution is -0.137. The van der Waals surface area contributed by atoms with Gasteiger partial charge < -0.3 is 23.9 Å². The molecule has 2 amide bonds. The van der Waals surface area contributed by atoms with Crippen LogP contribution in [-0.2, 0) is 27.6 Å². The highest BCUT2D eigenvalue weighted by Crippen LogP contribution is 2.34. The van der Waals surface area contributed by atoms with Gasteiger partial charge >= 0.3 is 22.3 Å². The fraction of sp³-hybridized carbons (Fsp3) is 0.480. The number of amides is 2. The average Bonchev–Trinajstić information content (AvgIpc) is 3.30. The monoisotopic (exact) mass is 544 g/mol. The molecule has 3 rings (SSSR count). The highest BCUT2D eigenvalue weighted by atomic mass is 32.2. The second kappa shape index (κ2) is 11.2. The van der Waals surface area contributed by atoms with Crippen LogP contribution < -0.4 is 14.2 Å². The summed E-state index contributed by atoms with van der Waals surface area (Å²) in [6.07, 6.45) is -3.14. The summed E-state index contributed by atoms with van der Waals surface area (Å²) in [5.74, 6) is -0.158. The summed E-state index contributed by atoms with van der Waals surface area (Å²) in [5.41, 5.74) is -1.08. The summed E-state index contributed by atoms with van der Waals surface area (Å²) in [7, 11) is -3.32. The molecule has 2 aromatic rings. The van der Waals surface area contributed by atoms with Gasteiger partial charge in [-0.3, -0.25) is 0 Å². The molecular weight excluding hydrogens is 513 g/mol. The number of hydrogen-bond donors (Lipinski definition) is 1. The highest BCUT2D eigenvalue weighted by molar-refractivity contribution is 7.87. The van der Waals surface area contributed by atoms with Crippen molar-refractivity contribution in [2.45, 2.75) is 62.9 Å². The summed E-state index contributed by atoms with van der Waals surface area (Å²) in [5, 5.41) is 2.92. The molecule has 0 spiro atoms. The van der Waals surface area contributed by atoms with Crippen LogP contribution in [0.15, 0.2) is 47.4 Å². The molecule has 1 fully saturated rings. The van der Waals surface area contributed by atoms with E-state index >= 15 is 0 Å². The van der Waals surface area contributed by atoms with Crippen LogP contribution in [0.4, 0.5) is 18.0 Å². The summed E-state index contributed by atoms with van der Waals surface area (Å²) >= 11 is 0. The van der Waals surface area contributed by atoms with E-state index in [2.05, 4.69) is 5.32 Å². The van der Waals surface area contributed by atoms with Crippen LogP contribution in [0, 0.1) is 0 Å². The Kier molecular flexibility index (Phi) is 8.63. The molecule has 12 heteroatoms. The topological polar surface area (TPSA) is 94.2 Å². The number of methoxy groups -OCH3 is 1. The molecule has 1 aliphatic heterocycles. The maximum Gasteiger partial charge on any atom is 0.416 e. The number of ether oxygens (including phenoxy) is 2. The minimum absolute atomic E-state index is 0.0594. The Labute approximate surface area is 214 Å². The van der Waals surface area contributed by atoms with Crippen molar-refractivity contribution in [3.8, 4) is 11.5 Å². The van der Waals surface area contributed by atoms with E-state index in [-0.39, 0.29) is 30.2 Å². The lowest BCUT2D eigenvalue weighted by Gasteiger charge is -2.30. The molecule has 2 aromatic carbocycles. The van der Waals surface area contributed by atoms with Crippen molar-refractivity contribution in [3.05, 3.63) is 53.6 Å². The van der Waals surface area contributed by atoms with Crippen molar-refractivity contribution in [2.75, 3.05) is 20.3 Å². The number of hydrogen-bond acceptors (Lipinski definition) is 6. The molecule has 0 aliphatic carbocycles. The predicted octanol–water partition coefficient (Wildman–Crippen LogP) is 4.97. The van der Waals surface area contributed by atoms with E-state index < -0.39 is 32.3 Å². The normalized spacial score (nSPS) is 16.4. The summed E-state index contributed by atoms with van der Waals surface area (Å²) in [6, 6.07) is 7.46. The van der Waals surface area contributed by atoms with Crippen molar-refractivity contribution >= 4 is 16.1 Å². The smallest absolute Gasteiger partial charge is 0.416 e. The van der Waals surface area contributed by atoms with Gasteiger partial charge in [-0.2, -0.15) is 21.6 Å². The Balaban J connectivity index is 1.88. The van der Waals surface area contributed by atoms with Crippen LogP contribution in [0.5, 0.6) is 11.5 Å². The predicted molar refractivity (Wildman–Crippen MR) is 130 cm³/mol. The Morgan fingerprint density at radius 1 is 1.14 bits per heavy atom. The Hall–Kier alpha value is -2.99. The fourth-order valence-corrected chi connectivity index (χ4v) is 4.73. The third-order valence-corrected chi connectivity index (χ3v) is 6.70. The van der Waals surface area contributed by atoms with Gasteiger partial charge in [0.2, 0.25) is 0 Å². The number of nitrogens with one attached hydrogen (secondary N) is 1. The number of carbonyl (C=O) groups is 1. The van der Waals surface area contributed by atoms with E-state index in [1.807, 2.05) is 20.8 Å². The SMILES string of the molecule is COc1ccc(CN(CC2CCCO2)C(=O)NC(C)(C)C)cc1OS(=O)(=O)c1cccc(C(F)(F)F)c1. The Bertz CT molecular complexity index is 1210. The Morgan fingerprint density at radius 2 is 1.86 bits per heavy atom. The van der Waals surface area contributed by atoms with Crippen LogP contribution in [0.2, 0.25) is 0 Å². The third-order valence-electron chi connectivity index (χ3n) is 5.47. The second-order valence-electron chi connectivity index (χ2n) is 9.74. The van der Waals surface area contributed by atoms with Gasteiger partial charge in [0.25, 0.3) is 0 Å². The van der Waals surface area contributed by atoms with Gasteiger partial charge in [-0.25, -0.2) is 4.79 Å². The summed E-state index contributed by atoms with van der Waals surface area (Å²) < 4.78 is 81.0. The zero-order chi connectivity index (χ0) is 27.4. The van der Waals surface area contributed by atoms with Crippen molar-refractivity contribution in [1.82, 2.24) is 10.2 Å². The first-order valence-electron chi connectivity index (χ1n) is 11.7. The molecule has 8 nitrogen and oxygen atoms in total. The minimum Gasteiger partial charge on any atom is -0.493 e. The number of alkyl halides is 3. The molecule has 1 unspecified atom stereocenters. The molecule has 37 heavy (non-hydrogen) atoms. The van der Waals surface area contributed by atoms with E-state index in [1.165, 1.54) is 19.2 Å². The quantitative estimate of drug-likeness (QED) is 0.472. The first kappa shape index (κ1) is 28.6. The zero-order valence-corrected chi connectivity index (χ0v) is 21.9. The first-order chi connectivity index (χ1) is 17.2. The van der Waals surface area contributed by atoms with Gasteiger partial charge in [0.05, 0.1) is 18.8 Å². The number of nitrogens with zero attached hydrogens (tertiary/aromatic N) is 1. The van der Waals surface area contributed by atoms with Crippen LogP contribution in [-0.4, -0.2) is 51.3 Å². The van der Waals surface area contributed by atoms with Crippen LogP contribution in [0.3, 0.4) is 0 Å². The van der Waals surface area contributed by atoms with Gasteiger partial charge in [-0.1, -0.05) is 12.1 Å². The summed E-state index contributed by atoms with van der Waals surface area (Å²) in [6.45, 7) is 6.61. The van der Waals surface area contributed by atoms with Crippen LogP contribution in [0.1, 0.15) is 44.7 Å². The van der Waals surface area contributed by atoms with Gasteiger partial charge in [0, 0.05) is 25.2 Å². The minimum atomic E-state index is -4.72. The molecule has 0 bridgehead atoms. The molecule has 1 heterocycles. The lowest BCUT2D eigenvalue weighted by Crippen LogP contribution is -2.50. The van der Waals surface area contributed by atoms with Crippen LogP contribution in [0.25, 0.3) is 0 Å². The number of rotatable bonds is 8. The fourth-order valence-electron chi connectivity index (χ4n) is 3.75. The van der Waals surface area contributed by atoms with E-state index in [9.17, 15) is 26.4 Å². The maximum absolute atomic E-state index is 13.1. The van der Waals surface area contributed by atoms with Crippen molar-refractivity contribution in [3.63, 3.8) is 0 Å². The zero-order valence-electron chi connectivity index (χ0n) is 21.1. The number of halogens is 3. The molecule has 204 valence electrons. The third kappa shape index (κ3) is 8.00. The highest BCUT2D eigenvalue weighted by Gasteiger charge is 2.32. The van der Waals surface area contributed by atoms with Gasteiger partial charge in [0.1, 0.15) is 4.90 Å². The molecule has 1 aliphatic rings. The van der Waals surface area contributed by atoms with Crippen molar-refractivity contribution in [2.24, 2.45) is 0 Å².